The third-order valence-corrected chi connectivity index (χ3v) is 5.78. The first-order chi connectivity index (χ1) is 11.3. The van der Waals surface area contributed by atoms with Gasteiger partial charge in [0, 0.05) is 26.2 Å². The molecule has 0 heterocycles. The first-order valence-electron chi connectivity index (χ1n) is 7.68. The number of sulfonamides is 1. The van der Waals surface area contributed by atoms with Crippen LogP contribution >= 0.6 is 0 Å². The van der Waals surface area contributed by atoms with Gasteiger partial charge in [0.1, 0.15) is 0 Å². The minimum atomic E-state index is -3.62. The minimum Gasteiger partial charge on any atom is -0.342 e. The smallest absolute Gasteiger partial charge is 0.264 e. The molecule has 0 aliphatic rings. The number of benzene rings is 2. The van der Waals surface area contributed by atoms with Crippen molar-refractivity contribution in [2.24, 2.45) is 0 Å². The van der Waals surface area contributed by atoms with Gasteiger partial charge in [-0.1, -0.05) is 17.7 Å². The highest BCUT2D eigenvalue weighted by atomic mass is 32.2. The monoisotopic (exact) mass is 346 g/mol. The van der Waals surface area contributed by atoms with E-state index in [1.54, 1.807) is 60.5 Å². The molecule has 1 amide bonds. The molecule has 0 bridgehead atoms. The summed E-state index contributed by atoms with van der Waals surface area (Å²) >= 11 is 0. The summed E-state index contributed by atoms with van der Waals surface area (Å²) in [4.78, 5) is 13.9. The van der Waals surface area contributed by atoms with Crippen molar-refractivity contribution in [2.75, 3.05) is 24.9 Å². The van der Waals surface area contributed by atoms with Crippen LogP contribution in [0.4, 0.5) is 5.69 Å². The summed E-state index contributed by atoms with van der Waals surface area (Å²) in [5.74, 6) is -0.0897. The van der Waals surface area contributed by atoms with Crippen molar-refractivity contribution in [3.8, 4) is 0 Å². The second-order valence-electron chi connectivity index (χ2n) is 5.65. The number of nitrogens with zero attached hydrogens (tertiary/aromatic N) is 2. The highest BCUT2D eigenvalue weighted by molar-refractivity contribution is 7.92. The molecule has 0 aromatic heterocycles. The summed E-state index contributed by atoms with van der Waals surface area (Å²) in [5, 5.41) is 0. The van der Waals surface area contributed by atoms with Crippen molar-refractivity contribution in [3.05, 3.63) is 59.7 Å². The Labute approximate surface area is 143 Å². The average Bonchev–Trinajstić information content (AvgIpc) is 2.60. The predicted octanol–water partition coefficient (Wildman–Crippen LogP) is 2.91. The predicted molar refractivity (Wildman–Crippen MR) is 95.8 cm³/mol. The number of carbonyl (C=O) groups is 1. The number of anilines is 1. The third-order valence-electron chi connectivity index (χ3n) is 3.98. The van der Waals surface area contributed by atoms with Gasteiger partial charge in [0.15, 0.2) is 0 Å². The van der Waals surface area contributed by atoms with Crippen LogP contribution < -0.4 is 4.31 Å². The van der Waals surface area contributed by atoms with Crippen molar-refractivity contribution in [2.45, 2.75) is 18.7 Å². The number of amides is 1. The van der Waals surface area contributed by atoms with Crippen LogP contribution in [0.5, 0.6) is 0 Å². The van der Waals surface area contributed by atoms with Crippen molar-refractivity contribution >= 4 is 21.6 Å². The maximum absolute atomic E-state index is 12.7. The molecule has 2 aromatic carbocycles. The van der Waals surface area contributed by atoms with E-state index in [1.165, 1.54) is 11.4 Å². The van der Waals surface area contributed by atoms with Gasteiger partial charge in [-0.25, -0.2) is 8.42 Å². The van der Waals surface area contributed by atoms with E-state index in [0.717, 1.165) is 5.56 Å². The van der Waals surface area contributed by atoms with Gasteiger partial charge in [-0.2, -0.15) is 0 Å². The van der Waals surface area contributed by atoms with Gasteiger partial charge in [-0.15, -0.1) is 0 Å². The van der Waals surface area contributed by atoms with Gasteiger partial charge in [-0.05, 0) is 50.2 Å². The van der Waals surface area contributed by atoms with Crippen LogP contribution in [0.15, 0.2) is 53.4 Å². The summed E-state index contributed by atoms with van der Waals surface area (Å²) in [6, 6.07) is 13.3. The Bertz CT molecular complexity index is 812. The van der Waals surface area contributed by atoms with Crippen LogP contribution in [0.1, 0.15) is 22.8 Å². The molecule has 2 aromatic rings. The zero-order valence-electron chi connectivity index (χ0n) is 14.4. The van der Waals surface area contributed by atoms with E-state index in [4.69, 9.17) is 0 Å². The average molecular weight is 346 g/mol. The van der Waals surface area contributed by atoms with Crippen LogP contribution in [0.2, 0.25) is 0 Å². The molecule has 128 valence electrons. The standard InChI is InChI=1S/C18H22N2O3S/c1-5-19(3)18(21)15-8-10-16(11-9-15)20(4)24(22,23)17-12-6-14(2)7-13-17/h6-13H,5H2,1-4H3. The van der Waals surface area contributed by atoms with Gasteiger partial charge >= 0.3 is 0 Å². The van der Waals surface area contributed by atoms with E-state index in [0.29, 0.717) is 17.8 Å². The first-order valence-corrected chi connectivity index (χ1v) is 9.12. The molecule has 0 saturated heterocycles. The molecule has 0 spiro atoms. The molecule has 2 rings (SSSR count). The maximum Gasteiger partial charge on any atom is 0.264 e. The molecule has 0 aliphatic carbocycles. The zero-order valence-corrected chi connectivity index (χ0v) is 15.2. The van der Waals surface area contributed by atoms with E-state index in [-0.39, 0.29) is 10.8 Å². The van der Waals surface area contributed by atoms with Crippen molar-refractivity contribution in [3.63, 3.8) is 0 Å². The largest absolute Gasteiger partial charge is 0.342 e. The maximum atomic E-state index is 12.7. The number of hydrogen-bond acceptors (Lipinski definition) is 3. The first kappa shape index (κ1) is 18.0. The van der Waals surface area contributed by atoms with E-state index < -0.39 is 10.0 Å². The minimum absolute atomic E-state index is 0.0897. The van der Waals surface area contributed by atoms with Crippen LogP contribution in [-0.4, -0.2) is 39.9 Å². The van der Waals surface area contributed by atoms with E-state index in [1.807, 2.05) is 13.8 Å². The van der Waals surface area contributed by atoms with Crippen molar-refractivity contribution in [1.82, 2.24) is 4.90 Å². The van der Waals surface area contributed by atoms with Gasteiger partial charge in [-0.3, -0.25) is 9.10 Å². The topological polar surface area (TPSA) is 57.7 Å². The molecule has 0 radical (unpaired) electrons. The van der Waals surface area contributed by atoms with Crippen molar-refractivity contribution < 1.29 is 13.2 Å². The summed E-state index contributed by atoms with van der Waals surface area (Å²) in [7, 11) is -0.394. The van der Waals surface area contributed by atoms with E-state index >= 15 is 0 Å². The summed E-state index contributed by atoms with van der Waals surface area (Å²) in [6.07, 6.45) is 0. The molecule has 0 N–H and O–H groups in total. The molecule has 0 atom stereocenters. The molecule has 0 aliphatic heterocycles. The molecule has 0 fully saturated rings. The Hall–Kier alpha value is -2.34. The van der Waals surface area contributed by atoms with Crippen LogP contribution in [0, 0.1) is 6.92 Å². The molecule has 6 heteroatoms. The Morgan fingerprint density at radius 1 is 0.958 bits per heavy atom. The van der Waals surface area contributed by atoms with Crippen LogP contribution in [0.25, 0.3) is 0 Å². The van der Waals surface area contributed by atoms with Crippen LogP contribution in [0.3, 0.4) is 0 Å². The van der Waals surface area contributed by atoms with E-state index in [9.17, 15) is 13.2 Å². The lowest BCUT2D eigenvalue weighted by Gasteiger charge is -2.20. The van der Waals surface area contributed by atoms with Crippen molar-refractivity contribution in [1.29, 1.82) is 0 Å². The molecule has 0 unspecified atom stereocenters. The lowest BCUT2D eigenvalue weighted by atomic mass is 10.2. The molecule has 24 heavy (non-hydrogen) atoms. The van der Waals surface area contributed by atoms with Crippen LogP contribution in [-0.2, 0) is 10.0 Å². The third kappa shape index (κ3) is 3.59. The fraction of sp³-hybridized carbons (Fsp3) is 0.278. The fourth-order valence-electron chi connectivity index (χ4n) is 2.19. The Balaban J connectivity index is 2.28. The highest BCUT2D eigenvalue weighted by Crippen LogP contribution is 2.23. The zero-order chi connectivity index (χ0) is 17.9. The fourth-order valence-corrected chi connectivity index (χ4v) is 3.38. The molecular weight excluding hydrogens is 324 g/mol. The highest BCUT2D eigenvalue weighted by Gasteiger charge is 2.21. The van der Waals surface area contributed by atoms with Gasteiger partial charge in [0.05, 0.1) is 10.6 Å². The Kier molecular flexibility index (Phi) is 5.29. The van der Waals surface area contributed by atoms with E-state index in [2.05, 4.69) is 0 Å². The second kappa shape index (κ2) is 7.05. The number of hydrogen-bond donors (Lipinski definition) is 0. The number of carbonyl (C=O) groups excluding carboxylic acids is 1. The van der Waals surface area contributed by atoms with Gasteiger partial charge in [0.25, 0.3) is 15.9 Å². The molecule has 0 saturated carbocycles. The second-order valence-corrected chi connectivity index (χ2v) is 7.62. The number of rotatable bonds is 5. The lowest BCUT2D eigenvalue weighted by Crippen LogP contribution is -2.27. The summed E-state index contributed by atoms with van der Waals surface area (Å²) in [5.41, 5.74) is 2.04. The normalized spacial score (nSPS) is 11.2. The summed E-state index contributed by atoms with van der Waals surface area (Å²) < 4.78 is 26.6. The lowest BCUT2D eigenvalue weighted by molar-refractivity contribution is 0.0802. The Morgan fingerprint density at radius 3 is 2.00 bits per heavy atom. The quantitative estimate of drug-likeness (QED) is 0.836. The van der Waals surface area contributed by atoms with Gasteiger partial charge in [0.2, 0.25) is 0 Å². The number of aryl methyl sites for hydroxylation is 1. The van der Waals surface area contributed by atoms with Gasteiger partial charge < -0.3 is 4.90 Å². The summed E-state index contributed by atoms with van der Waals surface area (Å²) in [6.45, 7) is 4.42. The SMILES string of the molecule is CCN(C)C(=O)c1ccc(N(C)S(=O)(=O)c2ccc(C)cc2)cc1. The Morgan fingerprint density at radius 2 is 1.50 bits per heavy atom. The molecular formula is C18H22N2O3S. The molecule has 5 nitrogen and oxygen atoms in total.